The van der Waals surface area contributed by atoms with Crippen LogP contribution < -0.4 is 0 Å². The lowest BCUT2D eigenvalue weighted by Gasteiger charge is -2.06. The second kappa shape index (κ2) is 3.54. The van der Waals surface area contributed by atoms with Crippen LogP contribution in [-0.4, -0.2) is 11.2 Å². The highest BCUT2D eigenvalue weighted by atomic mass is 16.3. The summed E-state index contributed by atoms with van der Waals surface area (Å²) in [6.07, 6.45) is 0.156. The van der Waals surface area contributed by atoms with Crippen LogP contribution in [0.3, 0.4) is 0 Å². The molecule has 1 rings (SSSR count). The minimum atomic E-state index is -0.490. The molecule has 0 aromatic heterocycles. The van der Waals surface area contributed by atoms with E-state index >= 15 is 0 Å². The van der Waals surface area contributed by atoms with Gasteiger partial charge in [-0.05, 0) is 31.4 Å². The molecule has 0 aliphatic heterocycles. The van der Waals surface area contributed by atoms with Crippen molar-refractivity contribution in [3.05, 3.63) is 42.3 Å². The molecule has 0 bridgehead atoms. The monoisotopic (exact) mass is 149 g/mol. The maximum atomic E-state index is 9.02. The van der Waals surface area contributed by atoms with Gasteiger partial charge in [0, 0.05) is 0 Å². The van der Waals surface area contributed by atoms with Gasteiger partial charge in [-0.15, -0.1) is 0 Å². The summed E-state index contributed by atoms with van der Waals surface area (Å²) in [5, 5.41) is 9.02. The van der Waals surface area contributed by atoms with Crippen LogP contribution in [0.15, 0.2) is 24.3 Å². The van der Waals surface area contributed by atoms with Gasteiger partial charge in [0.05, 0.1) is 6.10 Å². The Kier molecular flexibility index (Phi) is 2.66. The first kappa shape index (κ1) is 8.28. The Balaban J connectivity index is 2.78. The van der Waals surface area contributed by atoms with Crippen LogP contribution in [-0.2, 0) is 6.42 Å². The third-order valence-corrected chi connectivity index (χ3v) is 1.72. The van der Waals surface area contributed by atoms with Crippen LogP contribution in [0.5, 0.6) is 0 Å². The van der Waals surface area contributed by atoms with E-state index in [2.05, 4.69) is 6.92 Å². The maximum absolute atomic E-state index is 9.02. The van der Waals surface area contributed by atoms with Gasteiger partial charge in [0.15, 0.2) is 0 Å². The molecule has 0 amide bonds. The van der Waals surface area contributed by atoms with Gasteiger partial charge in [0.1, 0.15) is 0 Å². The molecular formula is C10H13O. The highest BCUT2D eigenvalue weighted by Gasteiger charge is 2.00. The van der Waals surface area contributed by atoms with E-state index in [-0.39, 0.29) is 0 Å². The minimum absolute atomic E-state index is 0.490. The molecule has 1 heteroatoms. The number of hydrogen-bond acceptors (Lipinski definition) is 1. The molecule has 0 aliphatic carbocycles. The molecule has 1 aromatic carbocycles. The van der Waals surface area contributed by atoms with Crippen molar-refractivity contribution in [3.8, 4) is 0 Å². The van der Waals surface area contributed by atoms with Gasteiger partial charge >= 0.3 is 0 Å². The van der Waals surface area contributed by atoms with Crippen molar-refractivity contribution in [2.45, 2.75) is 19.4 Å². The molecule has 11 heavy (non-hydrogen) atoms. The fourth-order valence-electron chi connectivity index (χ4n) is 1.09. The Morgan fingerprint density at radius 1 is 1.45 bits per heavy atom. The largest absolute Gasteiger partial charge is 0.393 e. The zero-order valence-electron chi connectivity index (χ0n) is 6.75. The van der Waals surface area contributed by atoms with E-state index < -0.39 is 6.10 Å². The van der Waals surface area contributed by atoms with Crippen molar-refractivity contribution in [2.24, 2.45) is 0 Å². The lowest BCUT2D eigenvalue weighted by Crippen LogP contribution is -2.05. The van der Waals surface area contributed by atoms with E-state index in [1.165, 1.54) is 11.1 Å². The molecule has 0 aliphatic rings. The fourth-order valence-corrected chi connectivity index (χ4v) is 1.09. The second-order valence-electron chi connectivity index (χ2n) is 2.78. The normalized spacial score (nSPS) is 13.0. The first-order valence-electron chi connectivity index (χ1n) is 3.76. The van der Waals surface area contributed by atoms with Crippen LogP contribution in [0.4, 0.5) is 0 Å². The van der Waals surface area contributed by atoms with Gasteiger partial charge in [0.2, 0.25) is 0 Å². The third kappa shape index (κ3) is 2.35. The Morgan fingerprint density at radius 3 is 2.64 bits per heavy atom. The molecule has 1 N–H and O–H groups in total. The zero-order chi connectivity index (χ0) is 8.27. The lowest BCUT2D eigenvalue weighted by atomic mass is 10.0. The number of aryl methyl sites for hydroxylation is 1. The van der Waals surface area contributed by atoms with Crippen molar-refractivity contribution in [2.75, 3.05) is 0 Å². The Labute approximate surface area is 67.7 Å². The fraction of sp³-hybridized carbons (Fsp3) is 0.300. The second-order valence-corrected chi connectivity index (χ2v) is 2.78. The first-order chi connectivity index (χ1) is 5.20. The van der Waals surface area contributed by atoms with Gasteiger partial charge < -0.3 is 5.11 Å². The van der Waals surface area contributed by atoms with Crippen LogP contribution in [0.1, 0.15) is 11.1 Å². The predicted molar refractivity (Wildman–Crippen MR) is 46.2 cm³/mol. The Hall–Kier alpha value is -0.820. The number of rotatable bonds is 2. The van der Waals surface area contributed by atoms with Crippen LogP contribution >= 0.6 is 0 Å². The van der Waals surface area contributed by atoms with Crippen molar-refractivity contribution in [3.63, 3.8) is 0 Å². The van der Waals surface area contributed by atoms with E-state index in [4.69, 9.17) is 5.11 Å². The molecule has 1 atom stereocenters. The Morgan fingerprint density at radius 2 is 2.09 bits per heavy atom. The number of aliphatic hydroxyl groups is 1. The average Bonchev–Trinajstić information content (AvgIpc) is 1.93. The molecule has 1 aromatic rings. The standard InChI is InChI=1S/C10H13O/c1-8-5-3-4-6-10(8)7-9(2)11/h3-6,9,11H,2,7H2,1H3. The van der Waals surface area contributed by atoms with Gasteiger partial charge in [-0.1, -0.05) is 24.3 Å². The average molecular weight is 149 g/mol. The molecule has 1 radical (unpaired) electrons. The smallest absolute Gasteiger partial charge is 0.0581 e. The molecule has 0 heterocycles. The SMILES string of the molecule is [CH2]C(O)Cc1ccccc1C. The summed E-state index contributed by atoms with van der Waals surface area (Å²) < 4.78 is 0. The van der Waals surface area contributed by atoms with E-state index in [9.17, 15) is 0 Å². The summed E-state index contributed by atoms with van der Waals surface area (Å²) >= 11 is 0. The molecular weight excluding hydrogens is 136 g/mol. The molecule has 0 spiro atoms. The molecule has 1 nitrogen and oxygen atoms in total. The van der Waals surface area contributed by atoms with Crippen molar-refractivity contribution in [1.29, 1.82) is 0 Å². The summed E-state index contributed by atoms with van der Waals surface area (Å²) in [7, 11) is 0. The van der Waals surface area contributed by atoms with E-state index in [1.807, 2.05) is 31.2 Å². The summed E-state index contributed by atoms with van der Waals surface area (Å²) in [5.41, 5.74) is 2.39. The third-order valence-electron chi connectivity index (χ3n) is 1.72. The minimum Gasteiger partial charge on any atom is -0.393 e. The van der Waals surface area contributed by atoms with Crippen LogP contribution in [0.25, 0.3) is 0 Å². The first-order valence-corrected chi connectivity index (χ1v) is 3.76. The van der Waals surface area contributed by atoms with Crippen LogP contribution in [0, 0.1) is 13.8 Å². The van der Waals surface area contributed by atoms with Crippen molar-refractivity contribution >= 4 is 0 Å². The summed E-state index contributed by atoms with van der Waals surface area (Å²) in [4.78, 5) is 0. The summed E-state index contributed by atoms with van der Waals surface area (Å²) in [5.74, 6) is 0. The molecule has 1 unspecified atom stereocenters. The quantitative estimate of drug-likeness (QED) is 0.679. The highest BCUT2D eigenvalue weighted by Crippen LogP contribution is 2.08. The van der Waals surface area contributed by atoms with Crippen molar-refractivity contribution < 1.29 is 5.11 Å². The number of hydrogen-bond donors (Lipinski definition) is 1. The zero-order valence-corrected chi connectivity index (χ0v) is 6.75. The van der Waals surface area contributed by atoms with Gasteiger partial charge in [-0.3, -0.25) is 0 Å². The van der Waals surface area contributed by atoms with E-state index in [0.717, 1.165) is 0 Å². The summed E-state index contributed by atoms with van der Waals surface area (Å²) in [6.45, 7) is 5.57. The number of aliphatic hydroxyl groups excluding tert-OH is 1. The molecule has 0 saturated heterocycles. The predicted octanol–water partition coefficient (Wildman–Crippen LogP) is 1.73. The van der Waals surface area contributed by atoms with Gasteiger partial charge in [-0.25, -0.2) is 0 Å². The highest BCUT2D eigenvalue weighted by molar-refractivity contribution is 5.26. The molecule has 59 valence electrons. The molecule has 0 saturated carbocycles. The molecule has 0 fully saturated rings. The van der Waals surface area contributed by atoms with E-state index in [1.54, 1.807) is 0 Å². The maximum Gasteiger partial charge on any atom is 0.0581 e. The number of benzene rings is 1. The van der Waals surface area contributed by atoms with Gasteiger partial charge in [-0.2, -0.15) is 0 Å². The van der Waals surface area contributed by atoms with E-state index in [0.29, 0.717) is 6.42 Å². The van der Waals surface area contributed by atoms with Crippen molar-refractivity contribution in [1.82, 2.24) is 0 Å². The van der Waals surface area contributed by atoms with Gasteiger partial charge in [0.25, 0.3) is 0 Å². The lowest BCUT2D eigenvalue weighted by molar-refractivity contribution is 0.221. The Bertz CT molecular complexity index is 228. The summed E-state index contributed by atoms with van der Waals surface area (Å²) in [6, 6.07) is 8.03. The topological polar surface area (TPSA) is 20.2 Å². The van der Waals surface area contributed by atoms with Crippen LogP contribution in [0.2, 0.25) is 0 Å².